The smallest absolute Gasteiger partial charge is 0.160 e. The lowest BCUT2D eigenvalue weighted by Gasteiger charge is -2.50. The van der Waals surface area contributed by atoms with Gasteiger partial charge in [0.15, 0.2) is 11.5 Å². The second-order valence-electron chi connectivity index (χ2n) is 7.98. The summed E-state index contributed by atoms with van der Waals surface area (Å²) in [6, 6.07) is 4.04. The van der Waals surface area contributed by atoms with Crippen molar-refractivity contribution in [3.8, 4) is 11.5 Å². The van der Waals surface area contributed by atoms with Crippen molar-refractivity contribution in [3.63, 3.8) is 0 Å². The van der Waals surface area contributed by atoms with Crippen LogP contribution in [0.2, 0.25) is 0 Å². The average Bonchev–Trinajstić information content (AvgIpc) is 2.90. The van der Waals surface area contributed by atoms with Crippen molar-refractivity contribution >= 4 is 0 Å². The van der Waals surface area contributed by atoms with E-state index in [9.17, 15) is 5.11 Å². The first-order valence-electron chi connectivity index (χ1n) is 9.01. The Bertz CT molecular complexity index is 611. The normalized spacial score (nSPS) is 38.6. The van der Waals surface area contributed by atoms with Gasteiger partial charge in [0, 0.05) is 7.11 Å². The van der Waals surface area contributed by atoms with Gasteiger partial charge in [-0.05, 0) is 85.0 Å². The van der Waals surface area contributed by atoms with E-state index in [4.69, 9.17) is 9.47 Å². The molecule has 5 unspecified atom stereocenters. The van der Waals surface area contributed by atoms with E-state index in [2.05, 4.69) is 13.0 Å². The van der Waals surface area contributed by atoms with Crippen LogP contribution in [0.3, 0.4) is 0 Å². The van der Waals surface area contributed by atoms with E-state index in [1.54, 1.807) is 7.11 Å². The van der Waals surface area contributed by atoms with Gasteiger partial charge in [0.25, 0.3) is 0 Å². The predicted octanol–water partition coefficient (Wildman–Crippen LogP) is 4.27. The molecule has 0 aliphatic heterocycles. The first-order valence-corrected chi connectivity index (χ1v) is 9.01. The number of phenols is 1. The summed E-state index contributed by atoms with van der Waals surface area (Å²) in [6.07, 6.45) is 7.77. The highest BCUT2D eigenvalue weighted by Crippen LogP contribution is 2.61. The molecule has 23 heavy (non-hydrogen) atoms. The first-order chi connectivity index (χ1) is 11.1. The fraction of sp³-hybridized carbons (Fsp3) is 0.700. The maximum Gasteiger partial charge on any atom is 0.160 e. The summed E-state index contributed by atoms with van der Waals surface area (Å²) in [5.41, 5.74) is 3.11. The third-order valence-electron chi connectivity index (χ3n) is 7.22. The minimum Gasteiger partial charge on any atom is -0.504 e. The van der Waals surface area contributed by atoms with Gasteiger partial charge < -0.3 is 14.6 Å². The Hall–Kier alpha value is -1.22. The number of aryl methyl sites for hydroxylation is 1. The SMILES string of the molecule is COc1cc2c(cc1O)C1CCC3(C)C(OC)CCC3C1CC2. The molecule has 4 rings (SSSR count). The molecule has 0 amide bonds. The van der Waals surface area contributed by atoms with E-state index in [0.29, 0.717) is 28.9 Å². The Kier molecular flexibility index (Phi) is 3.60. The number of hydrogen-bond donors (Lipinski definition) is 1. The molecule has 0 heterocycles. The summed E-state index contributed by atoms with van der Waals surface area (Å²) < 4.78 is 11.1. The number of rotatable bonds is 2. The molecule has 5 atom stereocenters. The molecule has 0 radical (unpaired) electrons. The molecular formula is C20H28O3. The second-order valence-corrected chi connectivity index (χ2v) is 7.98. The van der Waals surface area contributed by atoms with Crippen LogP contribution in [0.25, 0.3) is 0 Å². The highest BCUT2D eigenvalue weighted by atomic mass is 16.5. The lowest BCUT2D eigenvalue weighted by atomic mass is 9.55. The molecule has 0 aromatic heterocycles. The summed E-state index contributed by atoms with van der Waals surface area (Å²) in [6.45, 7) is 2.45. The zero-order valence-electron chi connectivity index (χ0n) is 14.5. The molecule has 1 aromatic rings. The average molecular weight is 316 g/mol. The van der Waals surface area contributed by atoms with Crippen LogP contribution in [-0.4, -0.2) is 25.4 Å². The Morgan fingerprint density at radius 1 is 1.13 bits per heavy atom. The number of fused-ring (bicyclic) bond motifs is 5. The minimum atomic E-state index is 0.293. The van der Waals surface area contributed by atoms with Gasteiger partial charge in [-0.25, -0.2) is 0 Å². The fourth-order valence-corrected chi connectivity index (χ4v) is 6.09. The Morgan fingerprint density at radius 2 is 1.96 bits per heavy atom. The van der Waals surface area contributed by atoms with Crippen LogP contribution in [0.4, 0.5) is 0 Å². The van der Waals surface area contributed by atoms with Crippen LogP contribution in [-0.2, 0) is 11.2 Å². The molecule has 1 aromatic carbocycles. The van der Waals surface area contributed by atoms with E-state index in [0.717, 1.165) is 18.3 Å². The molecule has 3 aliphatic carbocycles. The van der Waals surface area contributed by atoms with Crippen LogP contribution in [0.5, 0.6) is 11.5 Å². The predicted molar refractivity (Wildman–Crippen MR) is 90.1 cm³/mol. The van der Waals surface area contributed by atoms with Gasteiger partial charge in [-0.15, -0.1) is 0 Å². The summed E-state index contributed by atoms with van der Waals surface area (Å²) in [7, 11) is 3.51. The van der Waals surface area contributed by atoms with Crippen LogP contribution >= 0.6 is 0 Å². The molecule has 0 spiro atoms. The highest BCUT2D eigenvalue weighted by Gasteiger charge is 2.55. The molecule has 1 N–H and O–H groups in total. The third-order valence-corrected chi connectivity index (χ3v) is 7.22. The van der Waals surface area contributed by atoms with Crippen LogP contribution in [0, 0.1) is 17.3 Å². The van der Waals surface area contributed by atoms with Crippen molar-refractivity contribution in [2.75, 3.05) is 14.2 Å². The molecule has 3 nitrogen and oxygen atoms in total. The molecular weight excluding hydrogens is 288 g/mol. The van der Waals surface area contributed by atoms with Crippen molar-refractivity contribution in [1.29, 1.82) is 0 Å². The Labute approximate surface area is 139 Å². The zero-order valence-corrected chi connectivity index (χ0v) is 14.5. The van der Waals surface area contributed by atoms with E-state index in [-0.39, 0.29) is 0 Å². The number of methoxy groups -OCH3 is 2. The van der Waals surface area contributed by atoms with Crippen molar-refractivity contribution in [3.05, 3.63) is 23.3 Å². The standard InChI is InChI=1S/C20H28O3/c1-20-9-8-13-14(16(20)6-7-19(20)23-3)5-4-12-10-18(22-2)17(21)11-15(12)13/h10-11,13-14,16,19,21H,4-9H2,1-3H3. The van der Waals surface area contributed by atoms with Gasteiger partial charge in [0.05, 0.1) is 13.2 Å². The second kappa shape index (κ2) is 5.41. The Morgan fingerprint density at radius 3 is 2.70 bits per heavy atom. The molecule has 0 saturated heterocycles. The Balaban J connectivity index is 1.69. The number of phenolic OH excluding ortho intramolecular Hbond substituents is 1. The van der Waals surface area contributed by atoms with Crippen LogP contribution < -0.4 is 4.74 Å². The molecule has 3 heteroatoms. The van der Waals surface area contributed by atoms with Gasteiger partial charge in [0.1, 0.15) is 0 Å². The maximum atomic E-state index is 10.2. The van der Waals surface area contributed by atoms with Gasteiger partial charge in [-0.1, -0.05) is 6.92 Å². The zero-order chi connectivity index (χ0) is 16.2. The lowest BCUT2D eigenvalue weighted by Crippen LogP contribution is -2.44. The van der Waals surface area contributed by atoms with Gasteiger partial charge in [-0.2, -0.15) is 0 Å². The van der Waals surface area contributed by atoms with E-state index in [1.807, 2.05) is 13.2 Å². The number of hydrogen-bond acceptors (Lipinski definition) is 3. The van der Waals surface area contributed by atoms with Crippen LogP contribution in [0.1, 0.15) is 56.1 Å². The molecule has 3 aliphatic rings. The monoisotopic (exact) mass is 316 g/mol. The first kappa shape index (κ1) is 15.3. The van der Waals surface area contributed by atoms with E-state index < -0.39 is 0 Å². The largest absolute Gasteiger partial charge is 0.504 e. The number of aromatic hydroxyl groups is 1. The van der Waals surface area contributed by atoms with E-state index in [1.165, 1.54) is 43.2 Å². The highest BCUT2D eigenvalue weighted by molar-refractivity contribution is 5.49. The van der Waals surface area contributed by atoms with Crippen molar-refractivity contribution in [2.24, 2.45) is 17.3 Å². The van der Waals surface area contributed by atoms with Crippen LogP contribution in [0.15, 0.2) is 12.1 Å². The summed E-state index contributed by atoms with van der Waals surface area (Å²) >= 11 is 0. The third kappa shape index (κ3) is 2.12. The molecule has 0 bridgehead atoms. The van der Waals surface area contributed by atoms with Crippen molar-refractivity contribution in [2.45, 2.75) is 57.5 Å². The molecule has 2 fully saturated rings. The topological polar surface area (TPSA) is 38.7 Å². The van der Waals surface area contributed by atoms with Gasteiger partial charge in [0.2, 0.25) is 0 Å². The van der Waals surface area contributed by atoms with Crippen molar-refractivity contribution in [1.82, 2.24) is 0 Å². The molecule has 126 valence electrons. The van der Waals surface area contributed by atoms with Gasteiger partial charge in [-0.3, -0.25) is 0 Å². The fourth-order valence-electron chi connectivity index (χ4n) is 6.09. The summed E-state index contributed by atoms with van der Waals surface area (Å²) in [5.74, 6) is 3.02. The number of ether oxygens (including phenoxy) is 2. The summed E-state index contributed by atoms with van der Waals surface area (Å²) in [5, 5.41) is 10.2. The maximum absolute atomic E-state index is 10.2. The van der Waals surface area contributed by atoms with E-state index >= 15 is 0 Å². The quantitative estimate of drug-likeness (QED) is 0.885. The number of benzene rings is 1. The van der Waals surface area contributed by atoms with Crippen molar-refractivity contribution < 1.29 is 14.6 Å². The minimum absolute atomic E-state index is 0.293. The van der Waals surface area contributed by atoms with Gasteiger partial charge >= 0.3 is 0 Å². The summed E-state index contributed by atoms with van der Waals surface area (Å²) in [4.78, 5) is 0. The lowest BCUT2D eigenvalue weighted by molar-refractivity contribution is -0.0444. The molecule has 2 saturated carbocycles.